The first kappa shape index (κ1) is 17.3. The average molecular weight is 338 g/mol. The van der Waals surface area contributed by atoms with Gasteiger partial charge in [0.25, 0.3) is 0 Å². The standard InChI is InChI=1S/C17H17F3N2S/c1-11(2)12-6-5-7-13(10-12)21-16(23)22-15-9-4-3-8-14(15)17(18,19)20/h3-11H,1-2H3,(H2,21,22,23). The van der Waals surface area contributed by atoms with Crippen molar-refractivity contribution in [2.24, 2.45) is 0 Å². The van der Waals surface area contributed by atoms with Crippen LogP contribution in [0.15, 0.2) is 48.5 Å². The Balaban J connectivity index is 2.13. The Labute approximate surface area is 138 Å². The number of alkyl halides is 3. The third kappa shape index (κ3) is 4.69. The van der Waals surface area contributed by atoms with Gasteiger partial charge in [-0.3, -0.25) is 0 Å². The second-order valence-electron chi connectivity index (χ2n) is 5.40. The minimum atomic E-state index is -4.43. The number of hydrogen-bond acceptors (Lipinski definition) is 1. The van der Waals surface area contributed by atoms with Crippen LogP contribution in [0.2, 0.25) is 0 Å². The summed E-state index contributed by atoms with van der Waals surface area (Å²) < 4.78 is 38.9. The van der Waals surface area contributed by atoms with Crippen LogP contribution in [0.4, 0.5) is 24.5 Å². The van der Waals surface area contributed by atoms with Crippen molar-refractivity contribution < 1.29 is 13.2 Å². The Bertz CT molecular complexity index is 696. The van der Waals surface area contributed by atoms with E-state index in [1.807, 2.05) is 24.3 Å². The highest BCUT2D eigenvalue weighted by Crippen LogP contribution is 2.34. The van der Waals surface area contributed by atoms with Crippen molar-refractivity contribution in [3.63, 3.8) is 0 Å². The van der Waals surface area contributed by atoms with E-state index in [0.29, 0.717) is 5.92 Å². The molecular formula is C17H17F3N2S. The summed E-state index contributed by atoms with van der Waals surface area (Å²) in [7, 11) is 0. The van der Waals surface area contributed by atoms with Crippen LogP contribution in [0.3, 0.4) is 0 Å². The molecule has 0 aliphatic carbocycles. The molecule has 0 saturated heterocycles. The van der Waals surface area contributed by atoms with Crippen LogP contribution in [0, 0.1) is 0 Å². The zero-order chi connectivity index (χ0) is 17.0. The number of thiocarbonyl (C=S) groups is 1. The number of benzene rings is 2. The molecule has 2 N–H and O–H groups in total. The summed E-state index contributed by atoms with van der Waals surface area (Å²) in [6.45, 7) is 4.13. The van der Waals surface area contributed by atoms with Gasteiger partial charge in [0.15, 0.2) is 5.11 Å². The molecule has 122 valence electrons. The summed E-state index contributed by atoms with van der Waals surface area (Å²) >= 11 is 5.12. The predicted octanol–water partition coefficient (Wildman–Crippen LogP) is 5.64. The lowest BCUT2D eigenvalue weighted by Gasteiger charge is -2.16. The number of rotatable bonds is 3. The van der Waals surface area contributed by atoms with E-state index in [1.54, 1.807) is 0 Å². The van der Waals surface area contributed by atoms with Crippen molar-refractivity contribution in [1.29, 1.82) is 0 Å². The molecule has 0 fully saturated rings. The Morgan fingerprint density at radius 2 is 1.70 bits per heavy atom. The molecule has 23 heavy (non-hydrogen) atoms. The molecule has 0 saturated carbocycles. The maximum absolute atomic E-state index is 13.0. The zero-order valence-corrected chi connectivity index (χ0v) is 13.6. The smallest absolute Gasteiger partial charge is 0.332 e. The molecule has 0 aromatic heterocycles. The topological polar surface area (TPSA) is 24.1 Å². The molecule has 0 bridgehead atoms. The van der Waals surface area contributed by atoms with Crippen molar-refractivity contribution in [3.05, 3.63) is 59.7 Å². The van der Waals surface area contributed by atoms with E-state index >= 15 is 0 Å². The van der Waals surface area contributed by atoms with Crippen LogP contribution in [0.25, 0.3) is 0 Å². The maximum Gasteiger partial charge on any atom is 0.418 e. The first-order valence-corrected chi connectivity index (χ1v) is 7.52. The van der Waals surface area contributed by atoms with Crippen molar-refractivity contribution >= 4 is 28.7 Å². The van der Waals surface area contributed by atoms with E-state index < -0.39 is 11.7 Å². The molecule has 0 aliphatic heterocycles. The summed E-state index contributed by atoms with van der Waals surface area (Å²) in [5.74, 6) is 0.351. The summed E-state index contributed by atoms with van der Waals surface area (Å²) in [4.78, 5) is 0. The number of hydrogen-bond donors (Lipinski definition) is 2. The van der Waals surface area contributed by atoms with E-state index in [0.717, 1.165) is 17.3 Å². The van der Waals surface area contributed by atoms with Gasteiger partial charge in [0.05, 0.1) is 11.3 Å². The summed E-state index contributed by atoms with van der Waals surface area (Å²) in [6, 6.07) is 12.8. The average Bonchev–Trinajstić information content (AvgIpc) is 2.46. The van der Waals surface area contributed by atoms with Gasteiger partial charge in [-0.1, -0.05) is 38.1 Å². The fraction of sp³-hybridized carbons (Fsp3) is 0.235. The predicted molar refractivity (Wildman–Crippen MR) is 91.8 cm³/mol. The van der Waals surface area contributed by atoms with Crippen LogP contribution < -0.4 is 10.6 Å². The van der Waals surface area contributed by atoms with Gasteiger partial charge >= 0.3 is 6.18 Å². The highest BCUT2D eigenvalue weighted by Gasteiger charge is 2.33. The molecule has 0 atom stereocenters. The van der Waals surface area contributed by atoms with E-state index in [-0.39, 0.29) is 10.8 Å². The number of halogens is 3. The molecule has 0 amide bonds. The monoisotopic (exact) mass is 338 g/mol. The van der Waals surface area contributed by atoms with Crippen LogP contribution >= 0.6 is 12.2 Å². The minimum absolute atomic E-state index is 0.0717. The lowest BCUT2D eigenvalue weighted by Crippen LogP contribution is -2.21. The van der Waals surface area contributed by atoms with Gasteiger partial charge in [-0.05, 0) is 48.0 Å². The maximum atomic E-state index is 13.0. The number of nitrogens with one attached hydrogen (secondary N) is 2. The summed E-state index contributed by atoms with van der Waals surface area (Å²) in [6.07, 6.45) is -4.43. The van der Waals surface area contributed by atoms with Crippen LogP contribution in [-0.4, -0.2) is 5.11 Å². The van der Waals surface area contributed by atoms with Crippen LogP contribution in [-0.2, 0) is 6.18 Å². The molecule has 0 aliphatic rings. The zero-order valence-electron chi connectivity index (χ0n) is 12.7. The Morgan fingerprint density at radius 1 is 1.00 bits per heavy atom. The molecule has 0 radical (unpaired) electrons. The Hall–Kier alpha value is -2.08. The number of para-hydroxylation sites is 1. The minimum Gasteiger partial charge on any atom is -0.332 e. The Morgan fingerprint density at radius 3 is 2.35 bits per heavy atom. The Kier molecular flexibility index (Phi) is 5.26. The van der Waals surface area contributed by atoms with Gasteiger partial charge < -0.3 is 10.6 Å². The second-order valence-corrected chi connectivity index (χ2v) is 5.81. The highest BCUT2D eigenvalue weighted by molar-refractivity contribution is 7.80. The third-order valence-corrected chi connectivity index (χ3v) is 3.50. The largest absolute Gasteiger partial charge is 0.418 e. The van der Waals surface area contributed by atoms with E-state index in [1.165, 1.54) is 18.2 Å². The quantitative estimate of drug-likeness (QED) is 0.709. The first-order chi connectivity index (χ1) is 10.8. The molecule has 6 heteroatoms. The van der Waals surface area contributed by atoms with Crippen molar-refractivity contribution in [3.8, 4) is 0 Å². The first-order valence-electron chi connectivity index (χ1n) is 7.11. The van der Waals surface area contributed by atoms with Crippen LogP contribution in [0.5, 0.6) is 0 Å². The van der Waals surface area contributed by atoms with E-state index in [4.69, 9.17) is 12.2 Å². The van der Waals surface area contributed by atoms with Crippen molar-refractivity contribution in [1.82, 2.24) is 0 Å². The lowest BCUT2D eigenvalue weighted by atomic mass is 10.0. The van der Waals surface area contributed by atoms with Gasteiger partial charge in [-0.15, -0.1) is 0 Å². The summed E-state index contributed by atoms with van der Waals surface area (Å²) in [5.41, 5.74) is 1.03. The normalized spacial score (nSPS) is 11.4. The van der Waals surface area contributed by atoms with Gasteiger partial charge in [0, 0.05) is 5.69 Å². The van der Waals surface area contributed by atoms with Gasteiger partial charge in [0.2, 0.25) is 0 Å². The molecule has 0 heterocycles. The van der Waals surface area contributed by atoms with Crippen molar-refractivity contribution in [2.75, 3.05) is 10.6 Å². The van der Waals surface area contributed by atoms with Crippen LogP contribution in [0.1, 0.15) is 30.9 Å². The SMILES string of the molecule is CC(C)c1cccc(NC(=S)Nc2ccccc2C(F)(F)F)c1. The highest BCUT2D eigenvalue weighted by atomic mass is 32.1. The molecular weight excluding hydrogens is 321 g/mol. The van der Waals surface area contributed by atoms with Gasteiger partial charge in [-0.2, -0.15) is 13.2 Å². The molecule has 2 aromatic rings. The summed E-state index contributed by atoms with van der Waals surface area (Å²) in [5, 5.41) is 5.65. The molecule has 0 spiro atoms. The van der Waals surface area contributed by atoms with E-state index in [9.17, 15) is 13.2 Å². The molecule has 2 nitrogen and oxygen atoms in total. The molecule has 2 aromatic carbocycles. The number of anilines is 2. The van der Waals surface area contributed by atoms with Crippen molar-refractivity contribution in [2.45, 2.75) is 25.9 Å². The van der Waals surface area contributed by atoms with Gasteiger partial charge in [0.1, 0.15) is 0 Å². The lowest BCUT2D eigenvalue weighted by molar-refractivity contribution is -0.136. The fourth-order valence-electron chi connectivity index (χ4n) is 2.10. The van der Waals surface area contributed by atoms with E-state index in [2.05, 4.69) is 24.5 Å². The molecule has 2 rings (SSSR count). The second kappa shape index (κ2) is 7.00. The van der Waals surface area contributed by atoms with Gasteiger partial charge in [-0.25, -0.2) is 0 Å². The fourth-order valence-corrected chi connectivity index (χ4v) is 2.33. The molecule has 0 unspecified atom stereocenters. The third-order valence-electron chi connectivity index (χ3n) is 3.29.